The van der Waals surface area contributed by atoms with Crippen molar-refractivity contribution in [3.8, 4) is 5.75 Å². The predicted molar refractivity (Wildman–Crippen MR) is 66.1 cm³/mol. The van der Waals surface area contributed by atoms with Gasteiger partial charge >= 0.3 is 12.6 Å². The van der Waals surface area contributed by atoms with Crippen LogP contribution in [-0.4, -0.2) is 30.6 Å². The van der Waals surface area contributed by atoms with Gasteiger partial charge in [-0.2, -0.15) is 8.78 Å². The van der Waals surface area contributed by atoms with Crippen LogP contribution in [0.2, 0.25) is 0 Å². The molecule has 0 heterocycles. The van der Waals surface area contributed by atoms with Crippen molar-refractivity contribution in [2.75, 3.05) is 7.05 Å². The Balaban J connectivity index is 1.85. The van der Waals surface area contributed by atoms with Gasteiger partial charge in [0, 0.05) is 19.6 Å². The number of halogens is 2. The highest BCUT2D eigenvalue weighted by molar-refractivity contribution is 5.74. The molecule has 2 amide bonds. The summed E-state index contributed by atoms with van der Waals surface area (Å²) >= 11 is 0. The Kier molecular flexibility index (Phi) is 4.19. The summed E-state index contributed by atoms with van der Waals surface area (Å²) in [7, 11) is 1.70. The summed E-state index contributed by atoms with van der Waals surface area (Å²) < 4.78 is 28.2. The average molecular weight is 270 g/mol. The van der Waals surface area contributed by atoms with Gasteiger partial charge in [0.15, 0.2) is 0 Å². The lowest BCUT2D eigenvalue weighted by Gasteiger charge is -2.18. The number of nitrogens with one attached hydrogen (secondary N) is 1. The van der Waals surface area contributed by atoms with Crippen LogP contribution in [0.4, 0.5) is 13.6 Å². The first-order valence-electron chi connectivity index (χ1n) is 6.10. The number of carbonyl (C=O) groups is 1. The molecule has 1 aromatic rings. The number of ether oxygens (including phenoxy) is 1. The van der Waals surface area contributed by atoms with E-state index in [2.05, 4.69) is 10.1 Å². The van der Waals surface area contributed by atoms with Crippen LogP contribution in [0.15, 0.2) is 24.3 Å². The average Bonchev–Trinajstić information content (AvgIpc) is 3.14. The van der Waals surface area contributed by atoms with Crippen LogP contribution in [0.25, 0.3) is 0 Å². The molecule has 0 saturated heterocycles. The van der Waals surface area contributed by atoms with Crippen LogP contribution in [0, 0.1) is 0 Å². The monoisotopic (exact) mass is 270 g/mol. The summed E-state index contributed by atoms with van der Waals surface area (Å²) in [6, 6.07) is 6.46. The maximum atomic E-state index is 12.0. The zero-order chi connectivity index (χ0) is 13.8. The lowest BCUT2D eigenvalue weighted by molar-refractivity contribution is -0.0498. The lowest BCUT2D eigenvalue weighted by atomic mass is 10.2. The summed E-state index contributed by atoms with van der Waals surface area (Å²) in [5.41, 5.74) is 0.857. The van der Waals surface area contributed by atoms with E-state index in [1.54, 1.807) is 24.1 Å². The van der Waals surface area contributed by atoms with Crippen LogP contribution in [0.3, 0.4) is 0 Å². The Hall–Kier alpha value is -1.85. The third-order valence-corrected chi connectivity index (χ3v) is 2.82. The molecule has 6 heteroatoms. The molecule has 1 N–H and O–H groups in total. The number of amides is 2. The Bertz CT molecular complexity index is 433. The first-order chi connectivity index (χ1) is 9.04. The van der Waals surface area contributed by atoms with Crippen molar-refractivity contribution in [2.24, 2.45) is 0 Å². The normalized spacial score (nSPS) is 14.3. The second kappa shape index (κ2) is 5.86. The summed E-state index contributed by atoms with van der Waals surface area (Å²) in [4.78, 5) is 13.3. The van der Waals surface area contributed by atoms with Gasteiger partial charge in [-0.15, -0.1) is 0 Å². The zero-order valence-corrected chi connectivity index (χ0v) is 10.6. The van der Waals surface area contributed by atoms with Crippen molar-refractivity contribution in [2.45, 2.75) is 32.0 Å². The van der Waals surface area contributed by atoms with Gasteiger partial charge in [-0.1, -0.05) is 12.1 Å². The number of benzene rings is 1. The maximum absolute atomic E-state index is 12.0. The molecule has 1 fully saturated rings. The minimum Gasteiger partial charge on any atom is -0.435 e. The van der Waals surface area contributed by atoms with Crippen molar-refractivity contribution < 1.29 is 18.3 Å². The van der Waals surface area contributed by atoms with Crippen molar-refractivity contribution in [1.29, 1.82) is 0 Å². The highest BCUT2D eigenvalue weighted by atomic mass is 19.3. The summed E-state index contributed by atoms with van der Waals surface area (Å²) in [6.07, 6.45) is 2.08. The topological polar surface area (TPSA) is 41.6 Å². The molecular formula is C13H16F2N2O2. The number of hydrogen-bond donors (Lipinski definition) is 1. The predicted octanol–water partition coefficient (Wildman–Crippen LogP) is 2.59. The molecule has 0 unspecified atom stereocenters. The van der Waals surface area contributed by atoms with Gasteiger partial charge in [0.1, 0.15) is 5.75 Å². The van der Waals surface area contributed by atoms with Crippen molar-refractivity contribution in [1.82, 2.24) is 10.2 Å². The van der Waals surface area contributed by atoms with Crippen LogP contribution >= 0.6 is 0 Å². The van der Waals surface area contributed by atoms with Crippen LogP contribution in [0.5, 0.6) is 5.75 Å². The number of urea groups is 1. The Morgan fingerprint density at radius 3 is 2.58 bits per heavy atom. The van der Waals surface area contributed by atoms with Crippen molar-refractivity contribution in [3.63, 3.8) is 0 Å². The molecule has 0 spiro atoms. The summed E-state index contributed by atoms with van der Waals surface area (Å²) in [6.45, 7) is -2.40. The van der Waals surface area contributed by atoms with Crippen LogP contribution in [-0.2, 0) is 6.54 Å². The molecule has 0 atom stereocenters. The smallest absolute Gasteiger partial charge is 0.387 e. The van der Waals surface area contributed by atoms with Gasteiger partial charge in [-0.05, 0) is 30.5 Å². The fourth-order valence-corrected chi connectivity index (χ4v) is 1.63. The van der Waals surface area contributed by atoms with E-state index in [4.69, 9.17) is 0 Å². The number of hydrogen-bond acceptors (Lipinski definition) is 2. The molecule has 1 aromatic carbocycles. The number of rotatable bonds is 5. The van der Waals surface area contributed by atoms with Gasteiger partial charge in [-0.25, -0.2) is 4.79 Å². The first kappa shape index (κ1) is 13.6. The Morgan fingerprint density at radius 1 is 1.42 bits per heavy atom. The zero-order valence-electron chi connectivity index (χ0n) is 10.6. The number of carbonyl (C=O) groups excluding carboxylic acids is 1. The minimum atomic E-state index is -2.82. The number of alkyl halides is 2. The highest BCUT2D eigenvalue weighted by Gasteiger charge is 2.24. The van der Waals surface area contributed by atoms with Gasteiger partial charge < -0.3 is 15.0 Å². The van der Waals surface area contributed by atoms with Crippen LogP contribution in [0.1, 0.15) is 18.4 Å². The fourth-order valence-electron chi connectivity index (χ4n) is 1.63. The molecule has 2 rings (SSSR count). The number of nitrogens with zero attached hydrogens (tertiary/aromatic N) is 1. The van der Waals surface area contributed by atoms with Gasteiger partial charge in [-0.3, -0.25) is 0 Å². The molecule has 0 bridgehead atoms. The van der Waals surface area contributed by atoms with E-state index in [-0.39, 0.29) is 11.8 Å². The minimum absolute atomic E-state index is 0.115. The second-order valence-corrected chi connectivity index (χ2v) is 4.60. The van der Waals surface area contributed by atoms with Crippen LogP contribution < -0.4 is 10.1 Å². The van der Waals surface area contributed by atoms with Crippen molar-refractivity contribution in [3.05, 3.63) is 29.8 Å². The van der Waals surface area contributed by atoms with E-state index in [1.807, 2.05) is 0 Å². The van der Waals surface area contributed by atoms with Gasteiger partial charge in [0.05, 0.1) is 0 Å². The molecule has 1 aliphatic rings. The molecule has 104 valence electrons. The maximum Gasteiger partial charge on any atom is 0.387 e. The molecule has 1 aliphatic carbocycles. The Labute approximate surface area is 110 Å². The lowest BCUT2D eigenvalue weighted by Crippen LogP contribution is -2.37. The molecule has 19 heavy (non-hydrogen) atoms. The summed E-state index contributed by atoms with van der Waals surface area (Å²) in [5, 5.41) is 2.87. The SMILES string of the molecule is CN(Cc1ccc(OC(F)F)cc1)C(=O)NC1CC1. The van der Waals surface area contributed by atoms with E-state index in [0.29, 0.717) is 12.6 Å². The van der Waals surface area contributed by atoms with E-state index in [9.17, 15) is 13.6 Å². The highest BCUT2D eigenvalue weighted by Crippen LogP contribution is 2.19. The molecule has 4 nitrogen and oxygen atoms in total. The van der Waals surface area contributed by atoms with E-state index in [0.717, 1.165) is 18.4 Å². The third kappa shape index (κ3) is 4.39. The van der Waals surface area contributed by atoms with Gasteiger partial charge in [0.2, 0.25) is 0 Å². The second-order valence-electron chi connectivity index (χ2n) is 4.60. The fraction of sp³-hybridized carbons (Fsp3) is 0.462. The van der Waals surface area contributed by atoms with E-state index < -0.39 is 6.61 Å². The summed E-state index contributed by atoms with van der Waals surface area (Å²) in [5.74, 6) is 0.115. The van der Waals surface area contributed by atoms with Crippen molar-refractivity contribution >= 4 is 6.03 Å². The molecule has 0 aromatic heterocycles. The van der Waals surface area contributed by atoms with Gasteiger partial charge in [0.25, 0.3) is 0 Å². The third-order valence-electron chi connectivity index (χ3n) is 2.82. The molecule has 1 saturated carbocycles. The molecule has 0 aliphatic heterocycles. The molecular weight excluding hydrogens is 254 g/mol. The Morgan fingerprint density at radius 2 is 2.05 bits per heavy atom. The van der Waals surface area contributed by atoms with E-state index in [1.165, 1.54) is 12.1 Å². The quantitative estimate of drug-likeness (QED) is 0.893. The largest absolute Gasteiger partial charge is 0.435 e. The standard InChI is InChI=1S/C13H16F2N2O2/c1-17(13(18)16-10-4-5-10)8-9-2-6-11(7-3-9)19-12(14)15/h2-3,6-7,10,12H,4-5,8H2,1H3,(H,16,18). The van der Waals surface area contributed by atoms with E-state index >= 15 is 0 Å². The first-order valence-corrected chi connectivity index (χ1v) is 6.10. The molecule has 0 radical (unpaired) electrons.